The maximum absolute atomic E-state index is 5.52. The van der Waals surface area contributed by atoms with Gasteiger partial charge in [0.25, 0.3) is 0 Å². The van der Waals surface area contributed by atoms with Crippen molar-refractivity contribution in [3.63, 3.8) is 0 Å². The summed E-state index contributed by atoms with van der Waals surface area (Å²) in [6.07, 6.45) is 9.57. The number of nitrogens with one attached hydrogen (secondary N) is 1. The average Bonchev–Trinajstić information content (AvgIpc) is 2.42. The predicted octanol–water partition coefficient (Wildman–Crippen LogP) is 4.25. The molecule has 2 fully saturated rings. The van der Waals surface area contributed by atoms with Crippen molar-refractivity contribution in [2.45, 2.75) is 65.7 Å². The predicted molar refractivity (Wildman–Crippen MR) is 85.9 cm³/mol. The summed E-state index contributed by atoms with van der Waals surface area (Å²) in [6.45, 7) is 11.6. The molecule has 1 aliphatic heterocycles. The van der Waals surface area contributed by atoms with Gasteiger partial charge >= 0.3 is 0 Å². The average molecular weight is 281 g/mol. The molecule has 2 aliphatic rings. The van der Waals surface area contributed by atoms with E-state index in [9.17, 15) is 0 Å². The van der Waals surface area contributed by atoms with Crippen molar-refractivity contribution < 1.29 is 4.74 Å². The Morgan fingerprint density at radius 1 is 1.10 bits per heavy atom. The molecule has 2 unspecified atom stereocenters. The fourth-order valence-corrected chi connectivity index (χ4v) is 4.21. The van der Waals surface area contributed by atoms with E-state index in [4.69, 9.17) is 4.74 Å². The van der Waals surface area contributed by atoms with Gasteiger partial charge in [0.05, 0.1) is 0 Å². The van der Waals surface area contributed by atoms with Gasteiger partial charge in [-0.3, -0.25) is 0 Å². The van der Waals surface area contributed by atoms with E-state index < -0.39 is 0 Å². The third kappa shape index (κ3) is 5.04. The molecule has 2 nitrogen and oxygen atoms in total. The van der Waals surface area contributed by atoms with Crippen LogP contribution in [0.25, 0.3) is 0 Å². The van der Waals surface area contributed by atoms with E-state index in [0.717, 1.165) is 31.0 Å². The van der Waals surface area contributed by atoms with E-state index in [1.54, 1.807) is 0 Å². The molecule has 2 rings (SSSR count). The van der Waals surface area contributed by atoms with Crippen molar-refractivity contribution in [3.05, 3.63) is 0 Å². The molecule has 2 heteroatoms. The fourth-order valence-electron chi connectivity index (χ4n) is 4.21. The van der Waals surface area contributed by atoms with Gasteiger partial charge in [-0.1, -0.05) is 20.8 Å². The van der Waals surface area contributed by atoms with Gasteiger partial charge < -0.3 is 10.1 Å². The Labute approximate surface area is 126 Å². The molecule has 2 atom stereocenters. The molecule has 0 aromatic heterocycles. The molecule has 1 N–H and O–H groups in total. The second-order valence-electron chi connectivity index (χ2n) is 7.92. The van der Waals surface area contributed by atoms with Gasteiger partial charge in [0.15, 0.2) is 0 Å². The molecule has 0 aromatic carbocycles. The van der Waals surface area contributed by atoms with Crippen LogP contribution in [0, 0.1) is 23.2 Å². The number of hydrogen-bond donors (Lipinski definition) is 1. The Kier molecular flexibility index (Phi) is 6.35. The zero-order valence-electron chi connectivity index (χ0n) is 13.9. The lowest BCUT2D eigenvalue weighted by Gasteiger charge is -2.42. The van der Waals surface area contributed by atoms with Crippen molar-refractivity contribution in [3.8, 4) is 0 Å². The number of ether oxygens (including phenoxy) is 1. The molecule has 0 bridgehead atoms. The Hall–Kier alpha value is -0.0800. The minimum absolute atomic E-state index is 0.567. The molecule has 1 saturated carbocycles. The summed E-state index contributed by atoms with van der Waals surface area (Å²) in [4.78, 5) is 0. The van der Waals surface area contributed by atoms with E-state index in [0.29, 0.717) is 5.41 Å². The van der Waals surface area contributed by atoms with E-state index in [1.165, 1.54) is 58.0 Å². The minimum atomic E-state index is 0.567. The molecular formula is C18H35NO. The lowest BCUT2D eigenvalue weighted by molar-refractivity contribution is 0.0379. The third-order valence-electron chi connectivity index (χ3n) is 5.48. The first-order chi connectivity index (χ1) is 9.61. The summed E-state index contributed by atoms with van der Waals surface area (Å²) in [6, 6.07) is 0. The van der Waals surface area contributed by atoms with E-state index in [1.807, 2.05) is 0 Å². The van der Waals surface area contributed by atoms with Crippen molar-refractivity contribution in [1.29, 1.82) is 0 Å². The summed E-state index contributed by atoms with van der Waals surface area (Å²) in [5.74, 6) is 2.78. The van der Waals surface area contributed by atoms with Gasteiger partial charge in [-0.15, -0.1) is 0 Å². The summed E-state index contributed by atoms with van der Waals surface area (Å²) in [7, 11) is 0. The smallest absolute Gasteiger partial charge is 0.0468 e. The van der Waals surface area contributed by atoms with Gasteiger partial charge in [-0.05, 0) is 81.2 Å². The van der Waals surface area contributed by atoms with E-state index >= 15 is 0 Å². The highest BCUT2D eigenvalue weighted by molar-refractivity contribution is 4.87. The van der Waals surface area contributed by atoms with Crippen LogP contribution in [0.3, 0.4) is 0 Å². The standard InChI is InChI=1S/C18H35NO/c1-4-9-19-14-16-5-8-18(2,3)13-17(16)12-15-6-10-20-11-7-15/h15-17,19H,4-14H2,1-3H3. The van der Waals surface area contributed by atoms with Gasteiger partial charge in [0, 0.05) is 13.2 Å². The Morgan fingerprint density at radius 3 is 2.55 bits per heavy atom. The molecule has 1 heterocycles. The Bertz CT molecular complexity index is 271. The minimum Gasteiger partial charge on any atom is -0.381 e. The van der Waals surface area contributed by atoms with Gasteiger partial charge in [0.1, 0.15) is 0 Å². The second kappa shape index (κ2) is 7.79. The third-order valence-corrected chi connectivity index (χ3v) is 5.48. The second-order valence-corrected chi connectivity index (χ2v) is 7.92. The van der Waals surface area contributed by atoms with Crippen LogP contribution in [0.4, 0.5) is 0 Å². The molecule has 1 saturated heterocycles. The van der Waals surface area contributed by atoms with Crippen LogP contribution >= 0.6 is 0 Å². The lowest BCUT2D eigenvalue weighted by atomic mass is 9.64. The first-order valence-electron chi connectivity index (χ1n) is 8.89. The van der Waals surface area contributed by atoms with Crippen molar-refractivity contribution >= 4 is 0 Å². The summed E-state index contributed by atoms with van der Waals surface area (Å²) < 4.78 is 5.52. The van der Waals surface area contributed by atoms with Crippen molar-refractivity contribution in [2.24, 2.45) is 23.2 Å². The topological polar surface area (TPSA) is 21.3 Å². The van der Waals surface area contributed by atoms with Crippen LogP contribution in [0.15, 0.2) is 0 Å². The van der Waals surface area contributed by atoms with Crippen molar-refractivity contribution in [1.82, 2.24) is 5.32 Å². The monoisotopic (exact) mass is 281 g/mol. The quantitative estimate of drug-likeness (QED) is 0.735. The van der Waals surface area contributed by atoms with Gasteiger partial charge in [0.2, 0.25) is 0 Å². The number of hydrogen-bond acceptors (Lipinski definition) is 2. The van der Waals surface area contributed by atoms with Crippen molar-refractivity contribution in [2.75, 3.05) is 26.3 Å². The first-order valence-corrected chi connectivity index (χ1v) is 8.89. The molecule has 20 heavy (non-hydrogen) atoms. The van der Waals surface area contributed by atoms with Crippen LogP contribution in [0.5, 0.6) is 0 Å². The highest BCUT2D eigenvalue weighted by Crippen LogP contribution is 2.45. The molecular weight excluding hydrogens is 246 g/mol. The summed E-state index contributed by atoms with van der Waals surface area (Å²) in [5, 5.41) is 3.67. The van der Waals surface area contributed by atoms with Gasteiger partial charge in [-0.2, -0.15) is 0 Å². The highest BCUT2D eigenvalue weighted by Gasteiger charge is 2.35. The molecule has 1 aliphatic carbocycles. The molecule has 0 aromatic rings. The Morgan fingerprint density at radius 2 is 1.85 bits per heavy atom. The lowest BCUT2D eigenvalue weighted by Crippen LogP contribution is -2.37. The van der Waals surface area contributed by atoms with Crippen LogP contribution < -0.4 is 5.32 Å². The van der Waals surface area contributed by atoms with Crippen LogP contribution in [0.2, 0.25) is 0 Å². The van der Waals surface area contributed by atoms with Crippen LogP contribution in [0.1, 0.15) is 65.7 Å². The SMILES string of the molecule is CCCNCC1CCC(C)(C)CC1CC1CCOCC1. The van der Waals surface area contributed by atoms with E-state index in [2.05, 4.69) is 26.1 Å². The molecule has 118 valence electrons. The highest BCUT2D eigenvalue weighted by atomic mass is 16.5. The largest absolute Gasteiger partial charge is 0.381 e. The zero-order valence-corrected chi connectivity index (χ0v) is 13.9. The molecule has 0 radical (unpaired) electrons. The first kappa shape index (κ1) is 16.3. The van der Waals surface area contributed by atoms with Crippen LogP contribution in [-0.2, 0) is 4.74 Å². The number of rotatable bonds is 6. The fraction of sp³-hybridized carbons (Fsp3) is 1.00. The van der Waals surface area contributed by atoms with Crippen LogP contribution in [-0.4, -0.2) is 26.3 Å². The zero-order chi connectivity index (χ0) is 14.4. The summed E-state index contributed by atoms with van der Waals surface area (Å²) >= 11 is 0. The van der Waals surface area contributed by atoms with E-state index in [-0.39, 0.29) is 0 Å². The molecule has 0 spiro atoms. The maximum atomic E-state index is 5.52. The summed E-state index contributed by atoms with van der Waals surface area (Å²) in [5.41, 5.74) is 0.567. The molecule has 0 amide bonds. The van der Waals surface area contributed by atoms with Gasteiger partial charge in [-0.25, -0.2) is 0 Å². The normalized spacial score (nSPS) is 31.4. The Balaban J connectivity index is 1.87. The maximum Gasteiger partial charge on any atom is 0.0468 e.